The Hall–Kier alpha value is -0.880. The average Bonchev–Trinajstić information content (AvgIpc) is 2.81. The van der Waals surface area contributed by atoms with E-state index < -0.39 is 0 Å². The second kappa shape index (κ2) is 4.55. The van der Waals surface area contributed by atoms with Crippen molar-refractivity contribution in [2.24, 2.45) is 0 Å². The average molecular weight is 306 g/mol. The van der Waals surface area contributed by atoms with Gasteiger partial charge in [-0.3, -0.25) is 4.68 Å². The van der Waals surface area contributed by atoms with E-state index in [2.05, 4.69) is 31.2 Å². The molecule has 2 aromatic heterocycles. The maximum Gasteiger partial charge on any atom is 0.238 e. The van der Waals surface area contributed by atoms with E-state index in [1.54, 1.807) is 0 Å². The van der Waals surface area contributed by atoms with Crippen LogP contribution in [-0.4, -0.2) is 20.0 Å². The van der Waals surface area contributed by atoms with Gasteiger partial charge in [0.2, 0.25) is 11.8 Å². The molecule has 0 aliphatic carbocycles. The number of halogens is 2. The van der Waals surface area contributed by atoms with Crippen LogP contribution in [0.1, 0.15) is 23.2 Å². The lowest BCUT2D eigenvalue weighted by molar-refractivity contribution is 0.438. The summed E-state index contributed by atoms with van der Waals surface area (Å²) in [6.45, 7) is 4.37. The molecule has 2 heterocycles. The third kappa shape index (κ3) is 2.12. The standard InChI is InChI=1S/C9H10BrClN4O/c1-5-9(10)6(2)15(14-5)4-8-13-12-7(3-11)16-8/h3-4H2,1-2H3. The highest BCUT2D eigenvalue weighted by Gasteiger charge is 2.12. The summed E-state index contributed by atoms with van der Waals surface area (Å²) in [5.41, 5.74) is 1.97. The van der Waals surface area contributed by atoms with Crippen molar-refractivity contribution in [1.29, 1.82) is 0 Å². The summed E-state index contributed by atoms with van der Waals surface area (Å²) in [6, 6.07) is 0. The van der Waals surface area contributed by atoms with E-state index in [-0.39, 0.29) is 5.88 Å². The van der Waals surface area contributed by atoms with Crippen molar-refractivity contribution in [3.63, 3.8) is 0 Å². The maximum atomic E-state index is 5.58. The summed E-state index contributed by atoms with van der Waals surface area (Å²) in [7, 11) is 0. The normalized spacial score (nSPS) is 11.0. The minimum absolute atomic E-state index is 0.230. The van der Waals surface area contributed by atoms with Crippen LogP contribution >= 0.6 is 27.5 Å². The number of hydrogen-bond acceptors (Lipinski definition) is 4. The Labute approximate surface area is 106 Å². The molecule has 0 saturated carbocycles. The quantitative estimate of drug-likeness (QED) is 0.817. The molecule has 0 saturated heterocycles. The van der Waals surface area contributed by atoms with E-state index in [1.165, 1.54) is 0 Å². The second-order valence-electron chi connectivity index (χ2n) is 3.37. The molecular formula is C9H10BrClN4O. The fourth-order valence-corrected chi connectivity index (χ4v) is 1.76. The highest BCUT2D eigenvalue weighted by atomic mass is 79.9. The van der Waals surface area contributed by atoms with E-state index in [0.717, 1.165) is 15.9 Å². The molecule has 0 radical (unpaired) electrons. The largest absolute Gasteiger partial charge is 0.422 e. The highest BCUT2D eigenvalue weighted by molar-refractivity contribution is 9.10. The first-order valence-electron chi connectivity index (χ1n) is 4.68. The summed E-state index contributed by atoms with van der Waals surface area (Å²) in [5.74, 6) is 1.17. The van der Waals surface area contributed by atoms with Crippen LogP contribution in [0.5, 0.6) is 0 Å². The first-order chi connectivity index (χ1) is 7.61. The molecule has 0 fully saturated rings. The first kappa shape index (κ1) is 11.6. The van der Waals surface area contributed by atoms with Crippen LogP contribution in [0.15, 0.2) is 8.89 Å². The zero-order valence-electron chi connectivity index (χ0n) is 8.87. The van der Waals surface area contributed by atoms with Gasteiger partial charge in [-0.15, -0.1) is 21.8 Å². The smallest absolute Gasteiger partial charge is 0.238 e. The Morgan fingerprint density at radius 2 is 2.00 bits per heavy atom. The van der Waals surface area contributed by atoms with Gasteiger partial charge in [0.15, 0.2) is 0 Å². The van der Waals surface area contributed by atoms with E-state index in [4.69, 9.17) is 16.0 Å². The van der Waals surface area contributed by atoms with Crippen molar-refractivity contribution in [2.45, 2.75) is 26.3 Å². The van der Waals surface area contributed by atoms with Crippen LogP contribution in [0.25, 0.3) is 0 Å². The molecule has 0 bridgehead atoms. The van der Waals surface area contributed by atoms with Crippen LogP contribution < -0.4 is 0 Å². The Kier molecular flexibility index (Phi) is 3.30. The number of nitrogens with zero attached hydrogens (tertiary/aromatic N) is 4. The number of hydrogen-bond donors (Lipinski definition) is 0. The zero-order chi connectivity index (χ0) is 11.7. The Morgan fingerprint density at radius 3 is 2.50 bits per heavy atom. The van der Waals surface area contributed by atoms with E-state index in [1.807, 2.05) is 18.5 Å². The van der Waals surface area contributed by atoms with Gasteiger partial charge >= 0.3 is 0 Å². The van der Waals surface area contributed by atoms with E-state index in [0.29, 0.717) is 18.3 Å². The lowest BCUT2D eigenvalue weighted by Gasteiger charge is -1.99. The van der Waals surface area contributed by atoms with Crippen molar-refractivity contribution >= 4 is 27.5 Å². The van der Waals surface area contributed by atoms with Crippen molar-refractivity contribution in [3.05, 3.63) is 27.6 Å². The molecule has 0 atom stereocenters. The first-order valence-corrected chi connectivity index (χ1v) is 6.01. The molecule has 0 unspecified atom stereocenters. The fourth-order valence-electron chi connectivity index (χ4n) is 1.36. The summed E-state index contributed by atoms with van der Waals surface area (Å²) >= 11 is 9.04. The van der Waals surface area contributed by atoms with Crippen LogP contribution in [-0.2, 0) is 12.4 Å². The van der Waals surface area contributed by atoms with E-state index in [9.17, 15) is 0 Å². The molecule has 0 amide bonds. The van der Waals surface area contributed by atoms with Crippen LogP contribution in [0.3, 0.4) is 0 Å². The Bertz CT molecular complexity index is 508. The predicted octanol–water partition coefficient (Wildman–Crippen LogP) is 2.43. The molecule has 0 N–H and O–H groups in total. The van der Waals surface area contributed by atoms with Crippen LogP contribution in [0.4, 0.5) is 0 Å². The molecule has 2 aromatic rings. The SMILES string of the molecule is Cc1nn(Cc2nnc(CCl)o2)c(C)c1Br. The molecule has 0 aromatic carbocycles. The van der Waals surface area contributed by atoms with Gasteiger partial charge in [-0.25, -0.2) is 0 Å². The minimum atomic E-state index is 0.230. The highest BCUT2D eigenvalue weighted by Crippen LogP contribution is 2.20. The molecule has 86 valence electrons. The summed E-state index contributed by atoms with van der Waals surface area (Å²) in [5, 5.41) is 12.0. The third-order valence-electron chi connectivity index (χ3n) is 2.20. The lowest BCUT2D eigenvalue weighted by atomic mass is 10.4. The van der Waals surface area contributed by atoms with Crippen molar-refractivity contribution in [1.82, 2.24) is 20.0 Å². The van der Waals surface area contributed by atoms with Gasteiger partial charge < -0.3 is 4.42 Å². The van der Waals surface area contributed by atoms with Gasteiger partial charge in [-0.1, -0.05) is 0 Å². The zero-order valence-corrected chi connectivity index (χ0v) is 11.2. The van der Waals surface area contributed by atoms with Crippen molar-refractivity contribution in [2.75, 3.05) is 0 Å². The molecular weight excluding hydrogens is 295 g/mol. The lowest BCUT2D eigenvalue weighted by Crippen LogP contribution is -2.04. The van der Waals surface area contributed by atoms with Gasteiger partial charge in [-0.2, -0.15) is 5.10 Å². The maximum absolute atomic E-state index is 5.58. The summed E-state index contributed by atoms with van der Waals surface area (Å²) in [4.78, 5) is 0. The fraction of sp³-hybridized carbons (Fsp3) is 0.444. The Balaban J connectivity index is 2.23. The third-order valence-corrected chi connectivity index (χ3v) is 3.58. The van der Waals surface area contributed by atoms with Gasteiger partial charge in [0.25, 0.3) is 0 Å². The summed E-state index contributed by atoms with van der Waals surface area (Å²) in [6.07, 6.45) is 0. The predicted molar refractivity (Wildman–Crippen MR) is 62.4 cm³/mol. The van der Waals surface area contributed by atoms with Crippen LogP contribution in [0, 0.1) is 13.8 Å². The van der Waals surface area contributed by atoms with Crippen molar-refractivity contribution < 1.29 is 4.42 Å². The van der Waals surface area contributed by atoms with E-state index >= 15 is 0 Å². The molecule has 2 rings (SSSR count). The number of alkyl halides is 1. The molecule has 5 nitrogen and oxygen atoms in total. The molecule has 7 heteroatoms. The minimum Gasteiger partial charge on any atom is -0.422 e. The molecule has 0 aliphatic heterocycles. The Morgan fingerprint density at radius 1 is 1.31 bits per heavy atom. The van der Waals surface area contributed by atoms with Gasteiger partial charge in [-0.05, 0) is 29.8 Å². The van der Waals surface area contributed by atoms with Gasteiger partial charge in [0.1, 0.15) is 12.4 Å². The monoisotopic (exact) mass is 304 g/mol. The van der Waals surface area contributed by atoms with Gasteiger partial charge in [0, 0.05) is 0 Å². The summed E-state index contributed by atoms with van der Waals surface area (Å²) < 4.78 is 8.13. The molecule has 0 spiro atoms. The topological polar surface area (TPSA) is 56.7 Å². The number of rotatable bonds is 3. The number of aryl methyl sites for hydroxylation is 1. The second-order valence-corrected chi connectivity index (χ2v) is 4.43. The van der Waals surface area contributed by atoms with Crippen molar-refractivity contribution in [3.8, 4) is 0 Å². The van der Waals surface area contributed by atoms with Gasteiger partial charge in [0.05, 0.1) is 15.9 Å². The van der Waals surface area contributed by atoms with Crippen LogP contribution in [0.2, 0.25) is 0 Å². The molecule has 16 heavy (non-hydrogen) atoms. The molecule has 0 aliphatic rings. The number of aromatic nitrogens is 4.